The van der Waals surface area contributed by atoms with Crippen molar-refractivity contribution in [3.63, 3.8) is 0 Å². The van der Waals surface area contributed by atoms with Crippen LogP contribution in [-0.4, -0.2) is 37.9 Å². The number of hydrogen-bond donors (Lipinski definition) is 1. The zero-order chi connectivity index (χ0) is 16.1. The van der Waals surface area contributed by atoms with Crippen LogP contribution in [0.3, 0.4) is 0 Å². The summed E-state index contributed by atoms with van der Waals surface area (Å²) in [5.41, 5.74) is 0. The highest BCUT2D eigenvalue weighted by molar-refractivity contribution is 7.89. The second-order valence-electron chi connectivity index (χ2n) is 5.84. The first-order valence-electron chi connectivity index (χ1n) is 7.78. The molecule has 0 atom stereocenters. The van der Waals surface area contributed by atoms with Crippen LogP contribution in [0.4, 0.5) is 0 Å². The Hall–Kier alpha value is -1.28. The third-order valence-electron chi connectivity index (χ3n) is 4.17. The fraction of sp³-hybridized carbons (Fsp3) is 0.438. The maximum atomic E-state index is 12.2. The van der Waals surface area contributed by atoms with Gasteiger partial charge in [-0.3, -0.25) is 9.88 Å². The summed E-state index contributed by atoms with van der Waals surface area (Å²) in [5, 5.41) is 2.11. The van der Waals surface area contributed by atoms with Gasteiger partial charge in [-0.1, -0.05) is 6.07 Å². The summed E-state index contributed by atoms with van der Waals surface area (Å²) >= 11 is 1.79. The monoisotopic (exact) mass is 351 g/mol. The van der Waals surface area contributed by atoms with E-state index < -0.39 is 10.0 Å². The fourth-order valence-electron chi connectivity index (χ4n) is 2.79. The van der Waals surface area contributed by atoms with E-state index in [1.54, 1.807) is 29.7 Å². The summed E-state index contributed by atoms with van der Waals surface area (Å²) in [6.07, 6.45) is 5.01. The molecular weight excluding hydrogens is 330 g/mol. The van der Waals surface area contributed by atoms with Crippen molar-refractivity contribution < 1.29 is 8.42 Å². The molecule has 1 aliphatic rings. The van der Waals surface area contributed by atoms with E-state index in [9.17, 15) is 8.42 Å². The summed E-state index contributed by atoms with van der Waals surface area (Å²) in [6.45, 7) is 3.56. The lowest BCUT2D eigenvalue weighted by atomic mass is 9.97. The quantitative estimate of drug-likeness (QED) is 0.868. The summed E-state index contributed by atoms with van der Waals surface area (Å²) in [4.78, 5) is 7.93. The molecule has 5 nitrogen and oxygen atoms in total. The van der Waals surface area contributed by atoms with Crippen LogP contribution in [-0.2, 0) is 16.6 Å². The lowest BCUT2D eigenvalue weighted by molar-refractivity contribution is 0.180. The van der Waals surface area contributed by atoms with Gasteiger partial charge in [0, 0.05) is 30.4 Å². The third kappa shape index (κ3) is 4.60. The summed E-state index contributed by atoms with van der Waals surface area (Å²) in [7, 11) is -3.44. The third-order valence-corrected chi connectivity index (χ3v) is 6.44. The van der Waals surface area contributed by atoms with Gasteiger partial charge in [0.25, 0.3) is 0 Å². The number of pyridine rings is 1. The van der Waals surface area contributed by atoms with E-state index in [2.05, 4.69) is 32.1 Å². The number of sulfonamides is 1. The highest BCUT2D eigenvalue weighted by Gasteiger charge is 2.22. The standard InChI is InChI=1S/C16H21N3O2S2/c20-23(21,16-4-1-7-17-12-16)18-11-14-5-8-19(9-6-14)13-15-3-2-10-22-15/h1-4,7,10,12,14,18H,5-6,8-9,11,13H2. The van der Waals surface area contributed by atoms with Crippen molar-refractivity contribution in [1.82, 2.24) is 14.6 Å². The molecule has 2 aromatic heterocycles. The minimum absolute atomic E-state index is 0.232. The van der Waals surface area contributed by atoms with Crippen molar-refractivity contribution in [2.24, 2.45) is 5.92 Å². The Labute approximate surface area is 141 Å². The maximum Gasteiger partial charge on any atom is 0.242 e. The van der Waals surface area contributed by atoms with E-state index in [0.29, 0.717) is 12.5 Å². The molecule has 0 aromatic carbocycles. The number of piperidine rings is 1. The predicted molar refractivity (Wildman–Crippen MR) is 91.7 cm³/mol. The van der Waals surface area contributed by atoms with Crippen molar-refractivity contribution in [2.45, 2.75) is 24.3 Å². The first-order valence-corrected chi connectivity index (χ1v) is 10.1. The van der Waals surface area contributed by atoms with E-state index in [0.717, 1.165) is 32.5 Å². The SMILES string of the molecule is O=S(=O)(NCC1CCN(Cc2cccs2)CC1)c1cccnc1. The molecule has 7 heteroatoms. The molecule has 1 saturated heterocycles. The lowest BCUT2D eigenvalue weighted by Gasteiger charge is -2.31. The Balaban J connectivity index is 1.46. The van der Waals surface area contributed by atoms with Gasteiger partial charge in [0.2, 0.25) is 10.0 Å². The van der Waals surface area contributed by atoms with Crippen LogP contribution in [0.25, 0.3) is 0 Å². The molecule has 23 heavy (non-hydrogen) atoms. The van der Waals surface area contributed by atoms with Crippen molar-refractivity contribution in [3.8, 4) is 0 Å². The summed E-state index contributed by atoms with van der Waals surface area (Å²) in [6, 6.07) is 7.45. The Morgan fingerprint density at radius 1 is 1.26 bits per heavy atom. The Morgan fingerprint density at radius 3 is 2.74 bits per heavy atom. The van der Waals surface area contributed by atoms with Gasteiger partial charge in [0.15, 0.2) is 0 Å². The van der Waals surface area contributed by atoms with Crippen LogP contribution in [0.5, 0.6) is 0 Å². The smallest absolute Gasteiger partial charge is 0.242 e. The molecular formula is C16H21N3O2S2. The van der Waals surface area contributed by atoms with Gasteiger partial charge in [-0.2, -0.15) is 0 Å². The number of hydrogen-bond acceptors (Lipinski definition) is 5. The van der Waals surface area contributed by atoms with E-state index in [1.165, 1.54) is 11.1 Å². The van der Waals surface area contributed by atoms with Crippen LogP contribution < -0.4 is 4.72 Å². The molecule has 0 saturated carbocycles. The lowest BCUT2D eigenvalue weighted by Crippen LogP contribution is -2.38. The molecule has 0 radical (unpaired) electrons. The zero-order valence-electron chi connectivity index (χ0n) is 12.9. The van der Waals surface area contributed by atoms with E-state index >= 15 is 0 Å². The average Bonchev–Trinajstić information content (AvgIpc) is 3.08. The van der Waals surface area contributed by atoms with Crippen LogP contribution in [0.1, 0.15) is 17.7 Å². The number of nitrogens with one attached hydrogen (secondary N) is 1. The minimum Gasteiger partial charge on any atom is -0.298 e. The number of thiophene rings is 1. The van der Waals surface area contributed by atoms with Gasteiger partial charge in [-0.15, -0.1) is 11.3 Å². The van der Waals surface area contributed by atoms with E-state index in [4.69, 9.17) is 0 Å². The first-order chi connectivity index (χ1) is 11.1. The van der Waals surface area contributed by atoms with E-state index in [1.807, 2.05) is 0 Å². The molecule has 124 valence electrons. The highest BCUT2D eigenvalue weighted by atomic mass is 32.2. The van der Waals surface area contributed by atoms with Crippen molar-refractivity contribution >= 4 is 21.4 Å². The molecule has 1 N–H and O–H groups in total. The topological polar surface area (TPSA) is 62.3 Å². The first kappa shape index (κ1) is 16.6. The van der Waals surface area contributed by atoms with Gasteiger partial charge in [-0.05, 0) is 55.4 Å². The summed E-state index contributed by atoms with van der Waals surface area (Å²) < 4.78 is 27.1. The molecule has 0 aliphatic carbocycles. The largest absolute Gasteiger partial charge is 0.298 e. The Morgan fingerprint density at radius 2 is 2.09 bits per heavy atom. The van der Waals surface area contributed by atoms with Crippen LogP contribution in [0.15, 0.2) is 46.9 Å². The van der Waals surface area contributed by atoms with E-state index in [-0.39, 0.29) is 4.90 Å². The zero-order valence-corrected chi connectivity index (χ0v) is 14.5. The molecule has 0 amide bonds. The molecule has 3 heterocycles. The minimum atomic E-state index is -3.44. The molecule has 1 fully saturated rings. The van der Waals surface area contributed by atoms with Gasteiger partial charge in [0.05, 0.1) is 0 Å². The van der Waals surface area contributed by atoms with Gasteiger partial charge < -0.3 is 0 Å². The number of nitrogens with zero attached hydrogens (tertiary/aromatic N) is 2. The molecule has 0 spiro atoms. The van der Waals surface area contributed by atoms with Crippen molar-refractivity contribution in [3.05, 3.63) is 46.9 Å². The number of likely N-dealkylation sites (tertiary alicyclic amines) is 1. The normalized spacial score (nSPS) is 17.4. The second kappa shape index (κ2) is 7.53. The number of aromatic nitrogens is 1. The molecule has 1 aliphatic heterocycles. The van der Waals surface area contributed by atoms with Crippen LogP contribution in [0.2, 0.25) is 0 Å². The number of rotatable bonds is 6. The Bertz CT molecular complexity index is 694. The second-order valence-corrected chi connectivity index (χ2v) is 8.64. The van der Waals surface area contributed by atoms with Crippen LogP contribution >= 0.6 is 11.3 Å². The molecule has 3 rings (SSSR count). The van der Waals surface area contributed by atoms with Gasteiger partial charge in [0.1, 0.15) is 4.90 Å². The molecule has 0 bridgehead atoms. The highest BCUT2D eigenvalue weighted by Crippen LogP contribution is 2.20. The molecule has 2 aromatic rings. The predicted octanol–water partition coefficient (Wildman–Crippen LogP) is 2.33. The Kier molecular flexibility index (Phi) is 5.42. The molecule has 0 unspecified atom stereocenters. The van der Waals surface area contributed by atoms with Gasteiger partial charge >= 0.3 is 0 Å². The van der Waals surface area contributed by atoms with Crippen molar-refractivity contribution in [2.75, 3.05) is 19.6 Å². The average molecular weight is 351 g/mol. The fourth-order valence-corrected chi connectivity index (χ4v) is 4.61. The van der Waals surface area contributed by atoms with Gasteiger partial charge in [-0.25, -0.2) is 13.1 Å². The van der Waals surface area contributed by atoms with Crippen LogP contribution in [0, 0.1) is 5.92 Å². The van der Waals surface area contributed by atoms with Crippen molar-refractivity contribution in [1.29, 1.82) is 0 Å². The summed E-state index contributed by atoms with van der Waals surface area (Å²) in [5.74, 6) is 0.404. The maximum absolute atomic E-state index is 12.2.